The molecule has 3 aliphatic rings. The molecule has 6 aromatic rings. The zero-order valence-corrected chi connectivity index (χ0v) is 31.0. The van der Waals surface area contributed by atoms with E-state index in [9.17, 15) is 0 Å². The van der Waals surface area contributed by atoms with Crippen LogP contribution in [0.1, 0.15) is 75.9 Å². The lowest BCUT2D eigenvalue weighted by atomic mass is 9.73. The van der Waals surface area contributed by atoms with Gasteiger partial charge in [-0.2, -0.15) is 0 Å². The molecule has 0 atom stereocenters. The normalized spacial score (nSPS) is 19.4. The fourth-order valence-corrected chi connectivity index (χ4v) is 9.13. The summed E-state index contributed by atoms with van der Waals surface area (Å²) in [5, 5.41) is 1.16. The molecule has 0 fully saturated rings. The number of benzene rings is 4. The molecule has 0 aliphatic heterocycles. The maximum absolute atomic E-state index is 5.29. The van der Waals surface area contributed by atoms with E-state index in [1.165, 1.54) is 44.5 Å². The molecule has 0 N–H and O–H groups in total. The van der Waals surface area contributed by atoms with Gasteiger partial charge in [-0.3, -0.25) is 0 Å². The van der Waals surface area contributed by atoms with E-state index in [-0.39, 0.29) is 16.2 Å². The van der Waals surface area contributed by atoms with Crippen molar-refractivity contribution < 1.29 is 0 Å². The molecule has 0 saturated carbocycles. The van der Waals surface area contributed by atoms with Gasteiger partial charge in [0.15, 0.2) is 0 Å². The van der Waals surface area contributed by atoms with Crippen molar-refractivity contribution in [1.29, 1.82) is 0 Å². The second-order valence-corrected chi connectivity index (χ2v) is 16.5. The summed E-state index contributed by atoms with van der Waals surface area (Å²) < 4.78 is 0. The van der Waals surface area contributed by atoms with Crippen LogP contribution in [-0.4, -0.2) is 9.97 Å². The summed E-state index contributed by atoms with van der Waals surface area (Å²) in [7, 11) is 0. The zero-order chi connectivity index (χ0) is 36.0. The van der Waals surface area contributed by atoms with Crippen molar-refractivity contribution in [3.05, 3.63) is 179 Å². The Hall–Kier alpha value is -5.60. The third kappa shape index (κ3) is 4.92. The fraction of sp³-hybridized carbons (Fsp3) is 0.200. The van der Waals surface area contributed by atoms with Crippen molar-refractivity contribution >= 4 is 22.0 Å². The summed E-state index contributed by atoms with van der Waals surface area (Å²) in [6.45, 7) is 18.9. The van der Waals surface area contributed by atoms with Crippen LogP contribution < -0.4 is 0 Å². The molecule has 52 heavy (non-hydrogen) atoms. The first-order valence-electron chi connectivity index (χ1n) is 18.5. The molecule has 9 rings (SSSR count). The van der Waals surface area contributed by atoms with Gasteiger partial charge in [-0.15, -0.1) is 0 Å². The summed E-state index contributed by atoms with van der Waals surface area (Å²) in [5.41, 5.74) is 18.9. The molecule has 0 amide bonds. The van der Waals surface area contributed by atoms with E-state index < -0.39 is 0 Å². The topological polar surface area (TPSA) is 25.8 Å². The summed E-state index contributed by atoms with van der Waals surface area (Å²) >= 11 is 0. The SMILES string of the molecule is C=C1/C=C\C(c2cccc(-c3ccc4c(c3)C(C)(C)c3ccccc3-4)n2)=C/CC(C)(C)C2=C1C(C)(C)c1cc(-c3ccc4ccccc4n3)ccc12. The Labute approximate surface area is 308 Å². The average Bonchev–Trinajstić information content (AvgIpc) is 3.55. The number of aromatic nitrogens is 2. The molecule has 3 aliphatic carbocycles. The molecule has 0 saturated heterocycles. The van der Waals surface area contributed by atoms with E-state index in [0.717, 1.165) is 56.7 Å². The molecule has 2 heteroatoms. The van der Waals surface area contributed by atoms with Crippen molar-refractivity contribution in [2.45, 2.75) is 58.8 Å². The molecule has 0 spiro atoms. The van der Waals surface area contributed by atoms with Crippen molar-refractivity contribution in [3.8, 4) is 33.6 Å². The highest BCUT2D eigenvalue weighted by molar-refractivity contribution is 5.90. The summed E-state index contributed by atoms with van der Waals surface area (Å²) in [6.07, 6.45) is 7.70. The second kappa shape index (κ2) is 11.5. The Kier molecular flexibility index (Phi) is 7.12. The smallest absolute Gasteiger partial charge is 0.0709 e. The minimum Gasteiger partial charge on any atom is -0.248 e. The van der Waals surface area contributed by atoms with Crippen LogP contribution in [-0.2, 0) is 10.8 Å². The Morgan fingerprint density at radius 3 is 1.98 bits per heavy atom. The predicted molar refractivity (Wildman–Crippen MR) is 219 cm³/mol. The van der Waals surface area contributed by atoms with Crippen molar-refractivity contribution in [3.63, 3.8) is 0 Å². The number of nitrogens with zero attached hydrogens (tertiary/aromatic N) is 2. The molecule has 0 radical (unpaired) electrons. The number of pyridine rings is 2. The monoisotopic (exact) mass is 672 g/mol. The highest BCUT2D eigenvalue weighted by atomic mass is 14.7. The maximum Gasteiger partial charge on any atom is 0.0709 e. The van der Waals surface area contributed by atoms with Gasteiger partial charge in [0.2, 0.25) is 0 Å². The highest BCUT2D eigenvalue weighted by Crippen LogP contribution is 2.57. The van der Waals surface area contributed by atoms with Gasteiger partial charge >= 0.3 is 0 Å². The van der Waals surface area contributed by atoms with Crippen LogP contribution in [0.25, 0.3) is 55.7 Å². The molecule has 0 unspecified atom stereocenters. The van der Waals surface area contributed by atoms with Gasteiger partial charge in [0.05, 0.1) is 22.6 Å². The van der Waals surface area contributed by atoms with E-state index in [1.807, 2.05) is 0 Å². The second-order valence-electron chi connectivity index (χ2n) is 16.5. The Morgan fingerprint density at radius 2 is 1.17 bits per heavy atom. The van der Waals surface area contributed by atoms with Gasteiger partial charge < -0.3 is 0 Å². The zero-order valence-electron chi connectivity index (χ0n) is 31.0. The number of rotatable bonds is 3. The summed E-state index contributed by atoms with van der Waals surface area (Å²) in [6, 6.07) is 41.7. The minimum atomic E-state index is -0.222. The van der Waals surface area contributed by atoms with E-state index >= 15 is 0 Å². The van der Waals surface area contributed by atoms with Crippen LogP contribution in [0.15, 0.2) is 151 Å². The first-order chi connectivity index (χ1) is 24.9. The van der Waals surface area contributed by atoms with Gasteiger partial charge in [0, 0.05) is 27.3 Å². The van der Waals surface area contributed by atoms with Gasteiger partial charge in [0.1, 0.15) is 0 Å². The standard InChI is InChI=1S/C50H44N2/c1-31-19-20-33(43-17-12-18-44(51-43)34-21-24-37-36-14-9-10-15-39(36)49(4,5)40(37)29-34)27-28-48(2,3)47-38-25-22-35(30-41(38)50(6,7)46(31)47)45-26-23-32-13-8-11-16-42(32)52-45/h8-27,29-30H,1,28H2,2-7H3/b20-19-,33-27+. The fourth-order valence-electron chi connectivity index (χ4n) is 9.13. The van der Waals surface area contributed by atoms with E-state index in [4.69, 9.17) is 16.5 Å². The Balaban J connectivity index is 1.06. The van der Waals surface area contributed by atoms with Crippen molar-refractivity contribution in [1.82, 2.24) is 9.97 Å². The third-order valence-corrected chi connectivity index (χ3v) is 11.9. The van der Waals surface area contributed by atoms with Crippen molar-refractivity contribution in [2.75, 3.05) is 0 Å². The Morgan fingerprint density at radius 1 is 0.519 bits per heavy atom. The van der Waals surface area contributed by atoms with Crippen LogP contribution in [0.4, 0.5) is 0 Å². The molecule has 254 valence electrons. The molecular weight excluding hydrogens is 629 g/mol. The molecule has 2 heterocycles. The number of para-hydroxylation sites is 1. The van der Waals surface area contributed by atoms with Crippen LogP contribution in [0.5, 0.6) is 0 Å². The molecule has 2 nitrogen and oxygen atoms in total. The number of fused-ring (bicyclic) bond motifs is 6. The van der Waals surface area contributed by atoms with Gasteiger partial charge in [-0.05, 0) is 104 Å². The number of allylic oxidation sites excluding steroid dienone is 7. The lowest BCUT2D eigenvalue weighted by Gasteiger charge is -2.30. The van der Waals surface area contributed by atoms with Crippen LogP contribution >= 0.6 is 0 Å². The number of hydrogen-bond acceptors (Lipinski definition) is 2. The third-order valence-electron chi connectivity index (χ3n) is 11.9. The average molecular weight is 673 g/mol. The molecule has 2 aromatic heterocycles. The lowest BCUT2D eigenvalue weighted by Crippen LogP contribution is -2.19. The lowest BCUT2D eigenvalue weighted by molar-refractivity contribution is 0.506. The van der Waals surface area contributed by atoms with Crippen molar-refractivity contribution in [2.24, 2.45) is 5.41 Å². The van der Waals surface area contributed by atoms with Crippen LogP contribution in [0.3, 0.4) is 0 Å². The first-order valence-corrected chi connectivity index (χ1v) is 18.5. The highest BCUT2D eigenvalue weighted by Gasteiger charge is 2.43. The van der Waals surface area contributed by atoms with Crippen LogP contribution in [0.2, 0.25) is 0 Å². The summed E-state index contributed by atoms with van der Waals surface area (Å²) in [4.78, 5) is 10.3. The summed E-state index contributed by atoms with van der Waals surface area (Å²) in [5.74, 6) is 0. The molecule has 4 aromatic carbocycles. The van der Waals surface area contributed by atoms with E-state index in [0.29, 0.717) is 0 Å². The number of hydrogen-bond donors (Lipinski definition) is 0. The van der Waals surface area contributed by atoms with Gasteiger partial charge in [-0.1, -0.05) is 145 Å². The van der Waals surface area contributed by atoms with E-state index in [2.05, 4.69) is 175 Å². The first kappa shape index (κ1) is 32.3. The van der Waals surface area contributed by atoms with Gasteiger partial charge in [-0.25, -0.2) is 9.97 Å². The minimum absolute atomic E-state index is 0.0523. The van der Waals surface area contributed by atoms with Gasteiger partial charge in [0.25, 0.3) is 0 Å². The maximum atomic E-state index is 5.29. The molecule has 0 bridgehead atoms. The predicted octanol–water partition coefficient (Wildman–Crippen LogP) is 12.9. The molecular formula is C50H44N2. The Bertz CT molecular complexity index is 2590. The van der Waals surface area contributed by atoms with E-state index in [1.54, 1.807) is 0 Å². The van der Waals surface area contributed by atoms with Crippen LogP contribution in [0, 0.1) is 5.41 Å². The largest absolute Gasteiger partial charge is 0.248 e. The quantitative estimate of drug-likeness (QED) is 0.187.